The van der Waals surface area contributed by atoms with Crippen LogP contribution in [0.5, 0.6) is 5.75 Å². The highest BCUT2D eigenvalue weighted by Crippen LogP contribution is 2.34. The van der Waals surface area contributed by atoms with Gasteiger partial charge in [0.25, 0.3) is 17.7 Å². The SMILES string of the molecule is CN1C(=O)[C@@H](NC(=O)c2ncc(Cl)c(-c3ccc(F)cc3F)n2)COc2ccc(NCC(F)(F)CCl)cc21. The van der Waals surface area contributed by atoms with Gasteiger partial charge in [-0.3, -0.25) is 9.59 Å². The molecule has 0 saturated carbocycles. The van der Waals surface area contributed by atoms with E-state index in [4.69, 9.17) is 27.9 Å². The number of anilines is 2. The fourth-order valence-corrected chi connectivity index (χ4v) is 3.85. The molecule has 14 heteroatoms. The second-order valence-electron chi connectivity index (χ2n) is 8.27. The van der Waals surface area contributed by atoms with E-state index >= 15 is 0 Å². The summed E-state index contributed by atoms with van der Waals surface area (Å²) in [7, 11) is 1.43. The summed E-state index contributed by atoms with van der Waals surface area (Å²) >= 11 is 11.3. The molecule has 2 amide bonds. The predicted molar refractivity (Wildman–Crippen MR) is 133 cm³/mol. The highest BCUT2D eigenvalue weighted by Gasteiger charge is 2.32. The summed E-state index contributed by atoms with van der Waals surface area (Å²) in [6.45, 7) is -0.969. The zero-order valence-corrected chi connectivity index (χ0v) is 21.1. The standard InChI is InChI=1S/C24H19Cl2F4N5O3/c1-35-18-7-13(32-11-24(29,30)10-25)3-5-19(18)38-9-17(23(35)37)33-22(36)21-31-8-15(26)20(34-21)14-4-2-12(27)6-16(14)28/h2-8,17,32H,9-11H2,1H3,(H,33,36)/t17-/m0/s1. The highest BCUT2D eigenvalue weighted by atomic mass is 35.5. The molecule has 2 heterocycles. The summed E-state index contributed by atoms with van der Waals surface area (Å²) in [6.07, 6.45) is 1.08. The lowest BCUT2D eigenvalue weighted by molar-refractivity contribution is -0.120. The van der Waals surface area contributed by atoms with Gasteiger partial charge in [0.1, 0.15) is 30.0 Å². The number of likely N-dealkylation sites (N-methyl/N-ethyl adjacent to an activating group) is 1. The Bertz CT molecular complexity index is 1400. The van der Waals surface area contributed by atoms with Crippen molar-refractivity contribution in [3.05, 3.63) is 65.1 Å². The van der Waals surface area contributed by atoms with E-state index < -0.39 is 53.7 Å². The van der Waals surface area contributed by atoms with Crippen molar-refractivity contribution >= 4 is 46.4 Å². The number of nitrogens with one attached hydrogen (secondary N) is 2. The van der Waals surface area contributed by atoms with Crippen LogP contribution in [0.15, 0.2) is 42.6 Å². The largest absolute Gasteiger partial charge is 0.489 e. The lowest BCUT2D eigenvalue weighted by Gasteiger charge is -2.21. The molecule has 0 spiro atoms. The number of fused-ring (bicyclic) bond motifs is 1. The first-order valence-corrected chi connectivity index (χ1v) is 11.9. The Balaban J connectivity index is 1.51. The maximum atomic E-state index is 14.3. The number of aromatic nitrogens is 2. The summed E-state index contributed by atoms with van der Waals surface area (Å²) in [5.74, 6) is -7.32. The normalized spacial score (nSPS) is 15.4. The van der Waals surface area contributed by atoms with Crippen LogP contribution in [-0.4, -0.2) is 59.8 Å². The van der Waals surface area contributed by atoms with E-state index in [1.54, 1.807) is 0 Å². The molecule has 1 atom stereocenters. The molecular formula is C24H19Cl2F4N5O3. The number of halogens is 6. The first-order chi connectivity index (χ1) is 18.0. The van der Waals surface area contributed by atoms with Crippen LogP contribution in [-0.2, 0) is 4.79 Å². The molecule has 0 fully saturated rings. The van der Waals surface area contributed by atoms with Crippen LogP contribution in [0.2, 0.25) is 5.02 Å². The summed E-state index contributed by atoms with van der Waals surface area (Å²) in [6, 6.07) is 6.04. The molecule has 1 aromatic heterocycles. The van der Waals surface area contributed by atoms with Gasteiger partial charge in [-0.1, -0.05) is 11.6 Å². The van der Waals surface area contributed by atoms with E-state index in [0.717, 1.165) is 18.3 Å². The minimum atomic E-state index is -3.13. The Morgan fingerprint density at radius 3 is 2.71 bits per heavy atom. The van der Waals surface area contributed by atoms with Gasteiger partial charge < -0.3 is 20.3 Å². The van der Waals surface area contributed by atoms with Crippen LogP contribution in [0.3, 0.4) is 0 Å². The molecule has 1 aliphatic rings. The first kappa shape index (κ1) is 27.4. The average molecular weight is 572 g/mol. The molecule has 8 nitrogen and oxygen atoms in total. The van der Waals surface area contributed by atoms with Crippen molar-refractivity contribution < 1.29 is 31.9 Å². The summed E-state index contributed by atoms with van der Waals surface area (Å²) in [4.78, 5) is 35.0. The molecule has 200 valence electrons. The van der Waals surface area contributed by atoms with E-state index in [0.29, 0.717) is 11.8 Å². The smallest absolute Gasteiger partial charge is 0.289 e. The van der Waals surface area contributed by atoms with Gasteiger partial charge in [-0.15, -0.1) is 11.6 Å². The molecule has 3 aromatic rings. The molecule has 2 aromatic carbocycles. The predicted octanol–water partition coefficient (Wildman–Crippen LogP) is 4.52. The molecule has 4 rings (SSSR count). The number of alkyl halides is 3. The fraction of sp³-hybridized carbons (Fsp3) is 0.250. The lowest BCUT2D eigenvalue weighted by Crippen LogP contribution is -2.49. The van der Waals surface area contributed by atoms with Crippen LogP contribution < -0.4 is 20.3 Å². The maximum absolute atomic E-state index is 14.3. The maximum Gasteiger partial charge on any atom is 0.289 e. The zero-order chi connectivity index (χ0) is 27.6. The fourth-order valence-electron chi connectivity index (χ4n) is 3.56. The minimum absolute atomic E-state index is 0.0793. The molecule has 0 aliphatic carbocycles. The monoisotopic (exact) mass is 571 g/mol. The number of hydrogen-bond acceptors (Lipinski definition) is 6. The first-order valence-electron chi connectivity index (χ1n) is 11.0. The molecule has 2 N–H and O–H groups in total. The topological polar surface area (TPSA) is 96.5 Å². The Morgan fingerprint density at radius 1 is 1.24 bits per heavy atom. The van der Waals surface area contributed by atoms with Gasteiger partial charge in [0.05, 0.1) is 35.0 Å². The van der Waals surface area contributed by atoms with Crippen LogP contribution in [0, 0.1) is 11.6 Å². The number of hydrogen-bond donors (Lipinski definition) is 2. The van der Waals surface area contributed by atoms with Crippen LogP contribution in [0.1, 0.15) is 10.6 Å². The number of amides is 2. The van der Waals surface area contributed by atoms with Crippen molar-refractivity contribution in [1.29, 1.82) is 0 Å². The zero-order valence-electron chi connectivity index (χ0n) is 19.6. The van der Waals surface area contributed by atoms with Crippen LogP contribution >= 0.6 is 23.2 Å². The molecular weight excluding hydrogens is 553 g/mol. The molecule has 0 radical (unpaired) electrons. The Morgan fingerprint density at radius 2 is 2.00 bits per heavy atom. The van der Waals surface area contributed by atoms with Gasteiger partial charge in [0.15, 0.2) is 0 Å². The molecule has 0 saturated heterocycles. The van der Waals surface area contributed by atoms with Crippen molar-refractivity contribution in [3.63, 3.8) is 0 Å². The third-order valence-electron chi connectivity index (χ3n) is 5.54. The van der Waals surface area contributed by atoms with Gasteiger partial charge in [-0.25, -0.2) is 27.5 Å². The molecule has 0 unspecified atom stereocenters. The van der Waals surface area contributed by atoms with E-state index in [1.807, 2.05) is 0 Å². The average Bonchev–Trinajstić information content (AvgIpc) is 3.00. The lowest BCUT2D eigenvalue weighted by atomic mass is 10.1. The number of ether oxygens (including phenoxy) is 1. The van der Waals surface area contributed by atoms with Crippen molar-refractivity contribution in [1.82, 2.24) is 15.3 Å². The van der Waals surface area contributed by atoms with Crippen molar-refractivity contribution in [3.8, 4) is 17.0 Å². The van der Waals surface area contributed by atoms with Crippen LogP contribution in [0.4, 0.5) is 28.9 Å². The molecule has 1 aliphatic heterocycles. The number of carbonyl (C=O) groups excluding carboxylic acids is 2. The van der Waals surface area contributed by atoms with Gasteiger partial charge in [0.2, 0.25) is 5.82 Å². The number of rotatable bonds is 7. The minimum Gasteiger partial charge on any atom is -0.489 e. The second-order valence-corrected chi connectivity index (χ2v) is 8.95. The molecule has 0 bridgehead atoms. The van der Waals surface area contributed by atoms with Gasteiger partial charge in [-0.05, 0) is 30.3 Å². The third kappa shape index (κ3) is 5.91. The van der Waals surface area contributed by atoms with E-state index in [9.17, 15) is 27.2 Å². The Kier molecular flexibility index (Phi) is 7.93. The van der Waals surface area contributed by atoms with Gasteiger partial charge >= 0.3 is 0 Å². The van der Waals surface area contributed by atoms with Crippen LogP contribution in [0.25, 0.3) is 11.3 Å². The number of carbonyl (C=O) groups is 2. The number of benzene rings is 2. The Hall–Kier alpha value is -3.64. The van der Waals surface area contributed by atoms with E-state index in [-0.39, 0.29) is 34.3 Å². The van der Waals surface area contributed by atoms with Crippen molar-refractivity contribution in [2.75, 3.05) is 36.3 Å². The number of nitrogens with zero attached hydrogens (tertiary/aromatic N) is 3. The van der Waals surface area contributed by atoms with E-state index in [2.05, 4.69) is 20.6 Å². The third-order valence-corrected chi connectivity index (χ3v) is 6.21. The summed E-state index contributed by atoms with van der Waals surface area (Å²) in [5, 5.41) is 4.96. The second kappa shape index (κ2) is 11.0. The Labute approximate surface area is 223 Å². The summed E-state index contributed by atoms with van der Waals surface area (Å²) in [5.41, 5.74) is 0.291. The van der Waals surface area contributed by atoms with Gasteiger partial charge in [0, 0.05) is 24.4 Å². The van der Waals surface area contributed by atoms with Gasteiger partial charge in [-0.2, -0.15) is 0 Å². The highest BCUT2D eigenvalue weighted by molar-refractivity contribution is 6.33. The quantitative estimate of drug-likeness (QED) is 0.320. The van der Waals surface area contributed by atoms with Crippen molar-refractivity contribution in [2.45, 2.75) is 12.0 Å². The molecule has 38 heavy (non-hydrogen) atoms. The van der Waals surface area contributed by atoms with E-state index in [1.165, 1.54) is 30.1 Å². The summed E-state index contributed by atoms with van der Waals surface area (Å²) < 4.78 is 60.2. The van der Waals surface area contributed by atoms with Crippen molar-refractivity contribution in [2.24, 2.45) is 0 Å².